The zero-order chi connectivity index (χ0) is 22.0. The summed E-state index contributed by atoms with van der Waals surface area (Å²) >= 11 is 1.78. The number of aryl methyl sites for hydroxylation is 3. The zero-order valence-corrected chi connectivity index (χ0v) is 19.8. The van der Waals surface area contributed by atoms with Gasteiger partial charge in [-0.1, -0.05) is 37.3 Å². The van der Waals surface area contributed by atoms with Crippen LogP contribution in [0.25, 0.3) is 11.3 Å². The number of nitrogens with zero attached hydrogens (tertiary/aromatic N) is 4. The number of benzene rings is 1. The minimum absolute atomic E-state index is 0.101. The van der Waals surface area contributed by atoms with Gasteiger partial charge in [-0.2, -0.15) is 5.10 Å². The van der Waals surface area contributed by atoms with Gasteiger partial charge in [0, 0.05) is 54.1 Å². The quantitative estimate of drug-likeness (QED) is 0.536. The highest BCUT2D eigenvalue weighted by molar-refractivity contribution is 7.12. The van der Waals surface area contributed by atoms with Gasteiger partial charge in [0.05, 0.1) is 5.69 Å². The molecule has 1 aromatic carbocycles. The molecule has 2 aromatic heterocycles. The van der Waals surface area contributed by atoms with E-state index in [-0.39, 0.29) is 5.91 Å². The van der Waals surface area contributed by atoms with Crippen LogP contribution in [0.4, 0.5) is 0 Å². The fourth-order valence-corrected chi connectivity index (χ4v) is 5.34. The van der Waals surface area contributed by atoms with E-state index in [1.807, 2.05) is 15.6 Å². The fourth-order valence-electron chi connectivity index (χ4n) is 4.40. The maximum atomic E-state index is 13.4. The maximum Gasteiger partial charge on any atom is 0.272 e. The topological polar surface area (TPSA) is 41.4 Å². The third kappa shape index (κ3) is 4.60. The van der Waals surface area contributed by atoms with Crippen LogP contribution in [0.3, 0.4) is 0 Å². The van der Waals surface area contributed by atoms with E-state index in [4.69, 9.17) is 5.10 Å². The zero-order valence-electron chi connectivity index (χ0n) is 19.0. The Kier molecular flexibility index (Phi) is 6.58. The highest BCUT2D eigenvalue weighted by atomic mass is 32.1. The molecular weight excluding hydrogens is 404 g/mol. The molecule has 31 heavy (non-hydrogen) atoms. The number of piperazine rings is 1. The minimum Gasteiger partial charge on any atom is -0.335 e. The number of aromatic nitrogens is 2. The lowest BCUT2D eigenvalue weighted by atomic mass is 10.1. The van der Waals surface area contributed by atoms with Gasteiger partial charge in [0.15, 0.2) is 0 Å². The van der Waals surface area contributed by atoms with E-state index < -0.39 is 0 Å². The molecule has 1 saturated heterocycles. The molecule has 6 heteroatoms. The molecule has 1 fully saturated rings. The normalized spacial score (nSPS) is 15.9. The van der Waals surface area contributed by atoms with E-state index in [1.54, 1.807) is 11.3 Å². The smallest absolute Gasteiger partial charge is 0.272 e. The average Bonchev–Trinajstić information content (AvgIpc) is 3.36. The van der Waals surface area contributed by atoms with Gasteiger partial charge in [-0.3, -0.25) is 14.4 Å². The van der Waals surface area contributed by atoms with Crippen LogP contribution in [0.15, 0.2) is 42.5 Å². The van der Waals surface area contributed by atoms with Gasteiger partial charge in [-0.05, 0) is 44.9 Å². The Bertz CT molecular complexity index is 1030. The second-order valence-corrected chi connectivity index (χ2v) is 9.84. The van der Waals surface area contributed by atoms with E-state index in [2.05, 4.69) is 69.0 Å². The number of carbonyl (C=O) groups is 1. The number of rotatable bonds is 6. The molecule has 5 nitrogen and oxygen atoms in total. The van der Waals surface area contributed by atoms with Crippen LogP contribution in [0.1, 0.15) is 52.1 Å². The molecule has 3 heterocycles. The summed E-state index contributed by atoms with van der Waals surface area (Å²) in [6.45, 7) is 12.7. The van der Waals surface area contributed by atoms with Crippen LogP contribution in [0.5, 0.6) is 0 Å². The standard InChI is InChI=1S/C25H32N4OS/c1-5-11-29-24(17-23(26-29)22-16-18(2)31-20(22)4)25(30)28-14-12-27(13-15-28)19(3)21-9-7-6-8-10-21/h6-10,16-17,19H,5,11-15H2,1-4H3. The minimum atomic E-state index is 0.101. The number of hydrogen-bond donors (Lipinski definition) is 0. The van der Waals surface area contributed by atoms with Gasteiger partial charge >= 0.3 is 0 Å². The first kappa shape index (κ1) is 21.8. The largest absolute Gasteiger partial charge is 0.335 e. The Balaban J connectivity index is 1.49. The number of hydrogen-bond acceptors (Lipinski definition) is 4. The van der Waals surface area contributed by atoms with Crippen LogP contribution in [0, 0.1) is 13.8 Å². The van der Waals surface area contributed by atoms with Gasteiger partial charge in [0.1, 0.15) is 5.69 Å². The lowest BCUT2D eigenvalue weighted by Crippen LogP contribution is -2.49. The Hall–Kier alpha value is -2.44. The fraction of sp³-hybridized carbons (Fsp3) is 0.440. The second kappa shape index (κ2) is 9.37. The Morgan fingerprint density at radius 1 is 1.10 bits per heavy atom. The Labute approximate surface area is 189 Å². The summed E-state index contributed by atoms with van der Waals surface area (Å²) in [5, 5.41) is 4.81. The average molecular weight is 437 g/mol. The SMILES string of the molecule is CCCn1nc(-c2cc(C)sc2C)cc1C(=O)N1CCN(C(C)c2ccccc2)CC1. The van der Waals surface area contributed by atoms with Crippen LogP contribution in [-0.2, 0) is 6.54 Å². The summed E-state index contributed by atoms with van der Waals surface area (Å²) in [5.74, 6) is 0.101. The first-order valence-corrected chi connectivity index (χ1v) is 12.0. The molecule has 164 valence electrons. The molecule has 1 amide bonds. The summed E-state index contributed by atoms with van der Waals surface area (Å²) in [6.07, 6.45) is 0.950. The lowest BCUT2D eigenvalue weighted by Gasteiger charge is -2.38. The molecule has 1 aliphatic heterocycles. The van der Waals surface area contributed by atoms with Crippen molar-refractivity contribution in [3.05, 3.63) is 63.5 Å². The van der Waals surface area contributed by atoms with E-state index in [9.17, 15) is 4.79 Å². The van der Waals surface area contributed by atoms with E-state index in [0.29, 0.717) is 11.7 Å². The Morgan fingerprint density at radius 2 is 1.81 bits per heavy atom. The van der Waals surface area contributed by atoms with Gasteiger partial charge in [-0.15, -0.1) is 11.3 Å². The van der Waals surface area contributed by atoms with Gasteiger partial charge in [-0.25, -0.2) is 0 Å². The van der Waals surface area contributed by atoms with Gasteiger partial charge in [0.25, 0.3) is 5.91 Å². The van der Waals surface area contributed by atoms with Crippen molar-refractivity contribution >= 4 is 17.2 Å². The van der Waals surface area contributed by atoms with Crippen molar-refractivity contribution in [1.82, 2.24) is 19.6 Å². The first-order valence-electron chi connectivity index (χ1n) is 11.2. The molecule has 0 radical (unpaired) electrons. The molecule has 0 aliphatic carbocycles. The molecule has 4 rings (SSSR count). The van der Waals surface area contributed by atoms with Crippen LogP contribution in [-0.4, -0.2) is 51.7 Å². The number of thiophene rings is 1. The molecular formula is C25H32N4OS. The molecule has 1 unspecified atom stereocenters. The molecule has 3 aromatic rings. The van der Waals surface area contributed by atoms with Gasteiger partial charge < -0.3 is 4.90 Å². The Morgan fingerprint density at radius 3 is 2.42 bits per heavy atom. The molecule has 0 bridgehead atoms. The number of carbonyl (C=O) groups excluding carboxylic acids is 1. The molecule has 0 saturated carbocycles. The second-order valence-electron chi connectivity index (χ2n) is 8.38. The van der Waals surface area contributed by atoms with Crippen molar-refractivity contribution in [3.63, 3.8) is 0 Å². The van der Waals surface area contributed by atoms with E-state index in [0.717, 1.165) is 50.4 Å². The van der Waals surface area contributed by atoms with E-state index >= 15 is 0 Å². The maximum absolute atomic E-state index is 13.4. The molecule has 1 aliphatic rings. The van der Waals surface area contributed by atoms with Crippen molar-refractivity contribution in [2.24, 2.45) is 0 Å². The van der Waals surface area contributed by atoms with Crippen molar-refractivity contribution in [2.75, 3.05) is 26.2 Å². The van der Waals surface area contributed by atoms with Crippen molar-refractivity contribution in [3.8, 4) is 11.3 Å². The molecule has 1 atom stereocenters. The summed E-state index contributed by atoms with van der Waals surface area (Å²) in [7, 11) is 0. The summed E-state index contributed by atoms with van der Waals surface area (Å²) in [6, 6.07) is 15.1. The van der Waals surface area contributed by atoms with Crippen molar-refractivity contribution < 1.29 is 4.79 Å². The monoisotopic (exact) mass is 436 g/mol. The predicted molar refractivity (Wildman–Crippen MR) is 128 cm³/mol. The lowest BCUT2D eigenvalue weighted by molar-refractivity contribution is 0.0570. The third-order valence-corrected chi connectivity index (χ3v) is 7.15. The van der Waals surface area contributed by atoms with Crippen LogP contribution >= 0.6 is 11.3 Å². The van der Waals surface area contributed by atoms with E-state index in [1.165, 1.54) is 15.3 Å². The summed E-state index contributed by atoms with van der Waals surface area (Å²) in [5.41, 5.74) is 4.10. The van der Waals surface area contributed by atoms with Gasteiger partial charge in [0.2, 0.25) is 0 Å². The predicted octanol–water partition coefficient (Wildman–Crippen LogP) is 5.16. The van der Waals surface area contributed by atoms with Crippen LogP contribution < -0.4 is 0 Å². The summed E-state index contributed by atoms with van der Waals surface area (Å²) in [4.78, 5) is 20.4. The molecule has 0 N–H and O–H groups in total. The van der Waals surface area contributed by atoms with Crippen molar-refractivity contribution in [1.29, 1.82) is 0 Å². The summed E-state index contributed by atoms with van der Waals surface area (Å²) < 4.78 is 1.91. The highest BCUT2D eigenvalue weighted by Crippen LogP contribution is 2.31. The number of amides is 1. The third-order valence-electron chi connectivity index (χ3n) is 6.18. The highest BCUT2D eigenvalue weighted by Gasteiger charge is 2.28. The van der Waals surface area contributed by atoms with Crippen LogP contribution in [0.2, 0.25) is 0 Å². The first-order chi connectivity index (χ1) is 15.0. The van der Waals surface area contributed by atoms with Crippen molar-refractivity contribution in [2.45, 2.75) is 46.7 Å². The molecule has 0 spiro atoms.